The number of benzene rings is 1. The molecule has 72 valence electrons. The van der Waals surface area contributed by atoms with Gasteiger partial charge in [-0.2, -0.15) is 0 Å². The molecule has 0 saturated carbocycles. The van der Waals surface area contributed by atoms with Crippen LogP contribution in [0, 0.1) is 0 Å². The SMILES string of the molecule is CN(C)C(=S)c1cc2ccccc2s1. The molecular weight excluding hydrogens is 210 g/mol. The monoisotopic (exact) mass is 221 g/mol. The predicted molar refractivity (Wildman–Crippen MR) is 67.2 cm³/mol. The van der Waals surface area contributed by atoms with Crippen molar-refractivity contribution in [2.45, 2.75) is 0 Å². The Balaban J connectivity index is 2.50. The number of fused-ring (bicyclic) bond motifs is 1. The van der Waals surface area contributed by atoms with Gasteiger partial charge in [0.2, 0.25) is 0 Å². The highest BCUT2D eigenvalue weighted by molar-refractivity contribution is 7.81. The maximum atomic E-state index is 5.32. The first-order valence-electron chi connectivity index (χ1n) is 4.39. The fourth-order valence-electron chi connectivity index (χ4n) is 1.31. The fourth-order valence-corrected chi connectivity index (χ4v) is 2.58. The summed E-state index contributed by atoms with van der Waals surface area (Å²) in [5.74, 6) is 0. The zero-order valence-electron chi connectivity index (χ0n) is 8.15. The minimum Gasteiger partial charge on any atom is -0.368 e. The summed E-state index contributed by atoms with van der Waals surface area (Å²) in [6.45, 7) is 0. The molecule has 2 rings (SSSR count). The summed E-state index contributed by atoms with van der Waals surface area (Å²) in [5.41, 5.74) is 0. The molecule has 0 unspecified atom stereocenters. The molecular formula is C11H11NS2. The number of rotatable bonds is 1. The van der Waals surface area contributed by atoms with Gasteiger partial charge in [0, 0.05) is 18.8 Å². The summed E-state index contributed by atoms with van der Waals surface area (Å²) < 4.78 is 1.30. The summed E-state index contributed by atoms with van der Waals surface area (Å²) in [6.07, 6.45) is 0. The van der Waals surface area contributed by atoms with Crippen molar-refractivity contribution in [2.75, 3.05) is 14.1 Å². The third kappa shape index (κ3) is 1.65. The van der Waals surface area contributed by atoms with Crippen LogP contribution in [0.3, 0.4) is 0 Å². The van der Waals surface area contributed by atoms with Crippen molar-refractivity contribution in [3.63, 3.8) is 0 Å². The summed E-state index contributed by atoms with van der Waals surface area (Å²) in [4.78, 5) is 4.05. The molecule has 1 nitrogen and oxygen atoms in total. The van der Waals surface area contributed by atoms with E-state index < -0.39 is 0 Å². The summed E-state index contributed by atoms with van der Waals surface area (Å²) >= 11 is 7.07. The van der Waals surface area contributed by atoms with Crippen LogP contribution in [-0.4, -0.2) is 24.0 Å². The van der Waals surface area contributed by atoms with E-state index in [0.717, 1.165) is 4.99 Å². The van der Waals surface area contributed by atoms with Gasteiger partial charge < -0.3 is 4.90 Å². The molecule has 0 spiro atoms. The van der Waals surface area contributed by atoms with E-state index in [4.69, 9.17) is 12.2 Å². The molecule has 2 aromatic rings. The lowest BCUT2D eigenvalue weighted by atomic mass is 10.2. The van der Waals surface area contributed by atoms with Gasteiger partial charge >= 0.3 is 0 Å². The van der Waals surface area contributed by atoms with Crippen molar-refractivity contribution in [3.8, 4) is 0 Å². The smallest absolute Gasteiger partial charge is 0.118 e. The molecule has 0 aliphatic heterocycles. The second kappa shape index (κ2) is 3.67. The Labute approximate surface area is 93.0 Å². The maximum absolute atomic E-state index is 5.32. The molecule has 0 N–H and O–H groups in total. The van der Waals surface area contributed by atoms with E-state index in [1.807, 2.05) is 19.0 Å². The molecule has 0 bridgehead atoms. The minimum atomic E-state index is 0.909. The Morgan fingerprint density at radius 2 is 2.00 bits per heavy atom. The Hall–Kier alpha value is -0.930. The number of thiophene rings is 1. The average molecular weight is 221 g/mol. The number of hydrogen-bond donors (Lipinski definition) is 0. The highest BCUT2D eigenvalue weighted by Gasteiger charge is 2.07. The summed E-state index contributed by atoms with van der Waals surface area (Å²) in [7, 11) is 3.96. The molecule has 0 aliphatic carbocycles. The first-order valence-corrected chi connectivity index (χ1v) is 5.61. The lowest BCUT2D eigenvalue weighted by Gasteiger charge is -2.10. The van der Waals surface area contributed by atoms with Crippen LogP contribution in [0.1, 0.15) is 4.88 Å². The molecule has 3 heteroatoms. The van der Waals surface area contributed by atoms with Crippen LogP contribution in [-0.2, 0) is 0 Å². The maximum Gasteiger partial charge on any atom is 0.118 e. The Bertz CT molecular complexity index is 438. The second-order valence-corrected chi connectivity index (χ2v) is 4.82. The third-order valence-electron chi connectivity index (χ3n) is 2.04. The number of thiocarbonyl (C=S) groups is 1. The van der Waals surface area contributed by atoms with E-state index in [1.54, 1.807) is 11.3 Å². The molecule has 1 heterocycles. The van der Waals surface area contributed by atoms with Gasteiger partial charge in [0.25, 0.3) is 0 Å². The van der Waals surface area contributed by atoms with Crippen molar-refractivity contribution < 1.29 is 0 Å². The Kier molecular flexibility index (Phi) is 2.52. The predicted octanol–water partition coefficient (Wildman–Crippen LogP) is 3.14. The van der Waals surface area contributed by atoms with Crippen LogP contribution in [0.2, 0.25) is 0 Å². The summed E-state index contributed by atoms with van der Waals surface area (Å²) in [6, 6.07) is 10.5. The molecule has 0 radical (unpaired) electrons. The fraction of sp³-hybridized carbons (Fsp3) is 0.182. The van der Waals surface area contributed by atoms with Gasteiger partial charge in [0.15, 0.2) is 0 Å². The molecule has 1 aromatic carbocycles. The highest BCUT2D eigenvalue weighted by atomic mass is 32.1. The van der Waals surface area contributed by atoms with Crippen LogP contribution in [0.5, 0.6) is 0 Å². The van der Waals surface area contributed by atoms with E-state index in [0.29, 0.717) is 0 Å². The average Bonchev–Trinajstić information content (AvgIpc) is 2.59. The van der Waals surface area contributed by atoms with Crippen LogP contribution in [0.4, 0.5) is 0 Å². The van der Waals surface area contributed by atoms with E-state index in [9.17, 15) is 0 Å². The standard InChI is InChI=1S/C11H11NS2/c1-12(2)11(13)10-7-8-5-3-4-6-9(8)14-10/h3-7H,1-2H3. The minimum absolute atomic E-state index is 0.909. The first-order chi connectivity index (χ1) is 6.68. The van der Waals surface area contributed by atoms with Gasteiger partial charge in [-0.1, -0.05) is 30.4 Å². The molecule has 0 saturated heterocycles. The second-order valence-electron chi connectivity index (χ2n) is 3.35. The molecule has 0 aliphatic rings. The van der Waals surface area contributed by atoms with Crippen molar-refractivity contribution in [2.24, 2.45) is 0 Å². The van der Waals surface area contributed by atoms with Crippen molar-refractivity contribution in [3.05, 3.63) is 35.2 Å². The lowest BCUT2D eigenvalue weighted by molar-refractivity contribution is 0.638. The van der Waals surface area contributed by atoms with E-state index in [-0.39, 0.29) is 0 Å². The quantitative estimate of drug-likeness (QED) is 0.681. The zero-order valence-corrected chi connectivity index (χ0v) is 9.78. The highest BCUT2D eigenvalue weighted by Crippen LogP contribution is 2.26. The van der Waals surface area contributed by atoms with Crippen LogP contribution < -0.4 is 0 Å². The van der Waals surface area contributed by atoms with Crippen LogP contribution in [0.25, 0.3) is 10.1 Å². The van der Waals surface area contributed by atoms with E-state index in [1.165, 1.54) is 15.0 Å². The van der Waals surface area contributed by atoms with Gasteiger partial charge in [-0.25, -0.2) is 0 Å². The zero-order chi connectivity index (χ0) is 10.1. The van der Waals surface area contributed by atoms with E-state index >= 15 is 0 Å². The van der Waals surface area contributed by atoms with Crippen molar-refractivity contribution in [1.29, 1.82) is 0 Å². The van der Waals surface area contributed by atoms with Crippen molar-refractivity contribution >= 4 is 38.6 Å². The van der Waals surface area contributed by atoms with Gasteiger partial charge in [-0.15, -0.1) is 11.3 Å². The molecule has 0 atom stereocenters. The molecule has 1 aromatic heterocycles. The third-order valence-corrected chi connectivity index (χ3v) is 3.88. The Morgan fingerprint density at radius 3 is 2.64 bits per heavy atom. The van der Waals surface area contributed by atoms with Gasteiger partial charge in [-0.05, 0) is 17.5 Å². The van der Waals surface area contributed by atoms with E-state index in [2.05, 4.69) is 30.3 Å². The Morgan fingerprint density at radius 1 is 1.29 bits per heavy atom. The largest absolute Gasteiger partial charge is 0.368 e. The number of nitrogens with zero attached hydrogens (tertiary/aromatic N) is 1. The topological polar surface area (TPSA) is 3.24 Å². The summed E-state index contributed by atoms with van der Waals surface area (Å²) in [5, 5.41) is 1.27. The van der Waals surface area contributed by atoms with Gasteiger partial charge in [0.1, 0.15) is 4.99 Å². The molecule has 0 fully saturated rings. The van der Waals surface area contributed by atoms with Crippen LogP contribution in [0.15, 0.2) is 30.3 Å². The van der Waals surface area contributed by atoms with Gasteiger partial charge in [-0.3, -0.25) is 0 Å². The molecule has 0 amide bonds. The normalized spacial score (nSPS) is 10.4. The number of hydrogen-bond acceptors (Lipinski definition) is 2. The first kappa shape index (κ1) is 9.62. The van der Waals surface area contributed by atoms with Crippen LogP contribution >= 0.6 is 23.6 Å². The lowest BCUT2D eigenvalue weighted by Crippen LogP contribution is -2.19. The van der Waals surface area contributed by atoms with Gasteiger partial charge in [0.05, 0.1) is 4.88 Å². The molecule has 14 heavy (non-hydrogen) atoms. The van der Waals surface area contributed by atoms with Crippen molar-refractivity contribution in [1.82, 2.24) is 4.90 Å².